The van der Waals surface area contributed by atoms with Gasteiger partial charge < -0.3 is 9.13 Å². The van der Waals surface area contributed by atoms with E-state index >= 15 is 0 Å². The van der Waals surface area contributed by atoms with E-state index in [0.717, 1.165) is 29.3 Å². The SMILES string of the molecule is [2H]c1c([2H])c(-n2c3ccccc3c3cc([N+]#[C-])ccc32)c(-c2nc(-n3c4c([2H])c([2H])c([2H])c([2H])c4c4c([2H])c([2H])c([2H])c([2H])c43)nc(-n3c4c([2H])c([2H])c([2H])c([2H])c4c4c([2H])c([2H])c([2H])c([2H])c43)n2)c(-n2c3ccccc3c3ccc4sc5ccccc5c4c32)c1[2H]. The molecule has 16 rings (SSSR count). The lowest BCUT2D eigenvalue weighted by atomic mass is 10.1. The van der Waals surface area contributed by atoms with Crippen LogP contribution >= 0.6 is 11.3 Å². The third kappa shape index (κ3) is 5.55. The first kappa shape index (κ1) is 25.8. The van der Waals surface area contributed by atoms with E-state index in [1.165, 1.54) is 11.3 Å². The predicted octanol–water partition coefficient (Wildman–Crippen LogP) is 16.8. The van der Waals surface area contributed by atoms with Crippen molar-refractivity contribution < 1.29 is 26.0 Å². The van der Waals surface area contributed by atoms with Crippen molar-refractivity contribution in [2.45, 2.75) is 0 Å². The van der Waals surface area contributed by atoms with E-state index in [2.05, 4.69) is 4.85 Å². The van der Waals surface area contributed by atoms with Gasteiger partial charge in [0.15, 0.2) is 11.5 Å². The van der Waals surface area contributed by atoms with Crippen molar-refractivity contribution in [1.29, 1.82) is 0 Å². The fourth-order valence-electron chi connectivity index (χ4n) is 10.6. The average molecular weight is 968 g/mol. The normalized spacial score (nSPS) is 15.7. The molecule has 0 N–H and O–H groups in total. The summed E-state index contributed by atoms with van der Waals surface area (Å²) in [6, 6.07) is 17.3. The van der Waals surface area contributed by atoms with Crippen molar-refractivity contribution in [3.63, 3.8) is 0 Å². The lowest BCUT2D eigenvalue weighted by molar-refractivity contribution is 0.891. The summed E-state index contributed by atoms with van der Waals surface area (Å²) in [6.07, 6.45) is 0. The molecule has 10 aromatic carbocycles. The highest BCUT2D eigenvalue weighted by atomic mass is 32.1. The van der Waals surface area contributed by atoms with Crippen LogP contribution in [0, 0.1) is 6.57 Å². The van der Waals surface area contributed by atoms with Gasteiger partial charge in [-0.1, -0.05) is 145 Å². The first-order chi connectivity index (χ1) is 44.1. The first-order valence-electron chi connectivity index (χ1n) is 32.3. The maximum absolute atomic E-state index is 10.5. The smallest absolute Gasteiger partial charge is 0.240 e. The van der Waals surface area contributed by atoms with E-state index in [9.17, 15) is 15.1 Å². The number of rotatable bonds is 5. The van der Waals surface area contributed by atoms with Gasteiger partial charge in [-0.25, -0.2) is 4.85 Å². The molecule has 0 spiro atoms. The van der Waals surface area contributed by atoms with Gasteiger partial charge >= 0.3 is 0 Å². The maximum atomic E-state index is 10.5. The molecule has 338 valence electrons. The van der Waals surface area contributed by atoms with E-state index in [0.29, 0.717) is 43.6 Å². The summed E-state index contributed by atoms with van der Waals surface area (Å²) >= 11 is 1.52. The van der Waals surface area contributed by atoms with Crippen LogP contribution in [0.15, 0.2) is 218 Å². The zero-order chi connectivity index (χ0) is 64.4. The molecule has 73 heavy (non-hydrogen) atoms. The van der Waals surface area contributed by atoms with Crippen LogP contribution in [0.5, 0.6) is 0 Å². The minimum absolute atomic E-state index is 0.126. The number of hydrogen-bond donors (Lipinski definition) is 0. The summed E-state index contributed by atoms with van der Waals surface area (Å²) in [5.41, 5.74) is -0.257. The monoisotopic (exact) mass is 967 g/mol. The number of benzene rings is 10. The van der Waals surface area contributed by atoms with Gasteiger partial charge in [-0.05, 0) is 78.0 Å². The van der Waals surface area contributed by atoms with Gasteiger partial charge in [0.05, 0.1) is 93.7 Å². The molecule has 0 saturated heterocycles. The van der Waals surface area contributed by atoms with E-state index in [1.807, 2.05) is 60.7 Å². The van der Waals surface area contributed by atoms with Gasteiger partial charge in [-0.15, -0.1) is 11.3 Å². The van der Waals surface area contributed by atoms with Crippen LogP contribution < -0.4 is 0 Å². The largest absolute Gasteiger partial charge is 0.309 e. The quantitative estimate of drug-likeness (QED) is 0.161. The Balaban J connectivity index is 1.22. The van der Waals surface area contributed by atoms with E-state index < -0.39 is 155 Å². The Hall–Kier alpha value is -9.88. The van der Waals surface area contributed by atoms with Crippen molar-refractivity contribution in [1.82, 2.24) is 33.2 Å². The number of hydrogen-bond acceptors (Lipinski definition) is 4. The Morgan fingerprint density at radius 1 is 0.397 bits per heavy atom. The second kappa shape index (κ2) is 15.1. The molecule has 0 aliphatic rings. The van der Waals surface area contributed by atoms with Crippen LogP contribution in [0.4, 0.5) is 5.69 Å². The summed E-state index contributed by atoms with van der Waals surface area (Å²) in [4.78, 5) is 19.2. The Bertz CT molecular complexity index is 5900. The molecule has 0 fully saturated rings. The van der Waals surface area contributed by atoms with Crippen molar-refractivity contribution in [2.24, 2.45) is 0 Å². The molecular formula is C64H36N8S. The van der Waals surface area contributed by atoms with Crippen LogP contribution in [0.25, 0.3) is 147 Å². The maximum Gasteiger partial charge on any atom is 0.240 e. The fraction of sp³-hybridized carbons (Fsp3) is 0. The van der Waals surface area contributed by atoms with Crippen LogP contribution in [0.1, 0.15) is 26.0 Å². The van der Waals surface area contributed by atoms with Gasteiger partial charge in [0.2, 0.25) is 11.9 Å². The van der Waals surface area contributed by atoms with Crippen LogP contribution in [0.3, 0.4) is 0 Å². The Morgan fingerprint density at radius 3 is 1.51 bits per heavy atom. The second-order valence-electron chi connectivity index (χ2n) is 17.2. The number of fused-ring (bicyclic) bond motifs is 16. The van der Waals surface area contributed by atoms with Gasteiger partial charge in [-0.2, -0.15) is 15.0 Å². The summed E-state index contributed by atoms with van der Waals surface area (Å²) in [6.45, 7) is 8.06. The Kier molecular flexibility index (Phi) is 5.33. The Labute approximate surface area is 446 Å². The molecule has 0 amide bonds. The van der Waals surface area contributed by atoms with Crippen molar-refractivity contribution in [3.8, 4) is 34.7 Å². The fourth-order valence-corrected chi connectivity index (χ4v) is 11.7. The van der Waals surface area contributed by atoms with Crippen LogP contribution in [-0.4, -0.2) is 33.2 Å². The van der Waals surface area contributed by atoms with E-state index in [1.54, 1.807) is 51.6 Å². The lowest BCUT2D eigenvalue weighted by Crippen LogP contribution is -2.12. The minimum Gasteiger partial charge on any atom is -0.309 e. The molecule has 0 aliphatic carbocycles. The van der Waals surface area contributed by atoms with Crippen molar-refractivity contribution >= 4 is 124 Å². The van der Waals surface area contributed by atoms with Crippen molar-refractivity contribution in [2.75, 3.05) is 0 Å². The molecule has 8 nitrogen and oxygen atoms in total. The standard InChI is InChI=1S/C64H36N8S/c1-65-38-33-35-54-47(37-38)44-22-7-9-24-48(44)69(54)55-30-16-31-56(70-49-25-10-6-21-43(49)45-34-36-58-59(61(45)70)46-23-8-15-32-57(46)73-58)60(55)62-66-63(71-50-26-11-2-17-39(50)40-18-3-12-27-51(40)71)68-64(67-62)72-52-28-13-4-19-41(52)42-20-5-14-29-53(42)72/h2-37H/i2D,3D,4D,5D,11D,12D,13D,14D,16D,17D,18D,19D,20D,26D,27D,28D,29D,30D,31D. The molecule has 0 bridgehead atoms. The second-order valence-corrected chi connectivity index (χ2v) is 18.3. The zero-order valence-corrected chi connectivity index (χ0v) is 38.1. The van der Waals surface area contributed by atoms with E-state index in [4.69, 9.17) is 32.5 Å². The van der Waals surface area contributed by atoms with Gasteiger partial charge in [0.1, 0.15) is 0 Å². The molecule has 0 unspecified atom stereocenters. The number of thiophene rings is 1. The summed E-state index contributed by atoms with van der Waals surface area (Å²) in [5, 5.41) is 2.55. The lowest BCUT2D eigenvalue weighted by Gasteiger charge is -2.20. The number of nitrogens with zero attached hydrogens (tertiary/aromatic N) is 8. The Morgan fingerprint density at radius 2 is 0.904 bits per heavy atom. The van der Waals surface area contributed by atoms with Gasteiger partial charge in [-0.3, -0.25) is 9.13 Å². The molecule has 0 aliphatic heterocycles. The molecule has 0 atom stereocenters. The highest BCUT2D eigenvalue weighted by Crippen LogP contribution is 2.47. The van der Waals surface area contributed by atoms with Crippen molar-refractivity contribution in [3.05, 3.63) is 229 Å². The topological polar surface area (TPSA) is 62.8 Å². The number of para-hydroxylation sites is 6. The predicted molar refractivity (Wildman–Crippen MR) is 302 cm³/mol. The minimum atomic E-state index is -0.801. The van der Waals surface area contributed by atoms with Gasteiger partial charge in [0.25, 0.3) is 0 Å². The van der Waals surface area contributed by atoms with Gasteiger partial charge in [0, 0.05) is 57.9 Å². The summed E-state index contributed by atoms with van der Waals surface area (Å²) in [7, 11) is 0. The summed E-state index contributed by atoms with van der Waals surface area (Å²) in [5.74, 6) is -1.93. The number of aromatic nitrogens is 7. The highest BCUT2D eigenvalue weighted by Gasteiger charge is 2.28. The van der Waals surface area contributed by atoms with Crippen LogP contribution in [-0.2, 0) is 0 Å². The van der Waals surface area contributed by atoms with Crippen LogP contribution in [0.2, 0.25) is 0 Å². The zero-order valence-electron chi connectivity index (χ0n) is 56.3. The molecule has 9 heteroatoms. The molecule has 6 aromatic heterocycles. The van der Waals surface area contributed by atoms with E-state index in [-0.39, 0.29) is 44.2 Å². The molecule has 16 aromatic rings. The molecule has 6 heterocycles. The third-order valence-electron chi connectivity index (χ3n) is 13.5. The third-order valence-corrected chi connectivity index (χ3v) is 14.7. The average Bonchev–Trinajstić information content (AvgIpc) is 1.53. The molecule has 0 radical (unpaired) electrons. The highest BCUT2D eigenvalue weighted by molar-refractivity contribution is 7.26. The first-order valence-corrected chi connectivity index (χ1v) is 23.6. The molecular weight excluding hydrogens is 913 g/mol. The molecule has 0 saturated carbocycles. The summed E-state index contributed by atoms with van der Waals surface area (Å²) < 4.78 is 186.